The molecule has 3 rings (SSSR count). The molecule has 1 heterocycles. The highest BCUT2D eigenvalue weighted by Crippen LogP contribution is 2.28. The number of benzene rings is 1. The van der Waals surface area contributed by atoms with Crippen molar-refractivity contribution >= 4 is 17.5 Å². The van der Waals surface area contributed by atoms with E-state index >= 15 is 0 Å². The molecule has 0 radical (unpaired) electrons. The van der Waals surface area contributed by atoms with Gasteiger partial charge in [0, 0.05) is 31.4 Å². The third-order valence-electron chi connectivity index (χ3n) is 6.06. The van der Waals surface area contributed by atoms with Crippen molar-refractivity contribution in [1.29, 1.82) is 5.26 Å². The van der Waals surface area contributed by atoms with E-state index in [1.807, 2.05) is 32.9 Å². The monoisotopic (exact) mass is 442 g/mol. The summed E-state index contributed by atoms with van der Waals surface area (Å²) in [5.41, 5.74) is 2.16. The first-order valence-corrected chi connectivity index (χ1v) is 11.8. The van der Waals surface area contributed by atoms with Gasteiger partial charge in [-0.25, -0.2) is 4.79 Å². The van der Waals surface area contributed by atoms with Crippen LogP contribution in [0.1, 0.15) is 65.9 Å². The maximum Gasteiger partial charge on any atom is 0.407 e. The van der Waals surface area contributed by atoms with E-state index in [2.05, 4.69) is 41.5 Å². The summed E-state index contributed by atoms with van der Waals surface area (Å²) in [6.07, 6.45) is 4.01. The van der Waals surface area contributed by atoms with Crippen LogP contribution >= 0.6 is 0 Å². The second-order valence-electron chi connectivity index (χ2n) is 10.2. The number of alkyl carbamates (subject to hydrolysis) is 1. The fourth-order valence-corrected chi connectivity index (χ4v) is 4.60. The normalized spacial score (nSPS) is 26.2. The van der Waals surface area contributed by atoms with Crippen LogP contribution in [0.5, 0.6) is 0 Å². The molecule has 7 nitrogen and oxygen atoms in total. The van der Waals surface area contributed by atoms with Gasteiger partial charge in [0.25, 0.3) is 0 Å². The molecule has 2 N–H and O–H groups in total. The molecule has 1 aromatic rings. The number of hydrogen-bond acceptors (Lipinski definition) is 6. The SMILES string of the molecule is C[C@@H]1CN(c2ccc(NCC3CCC(NC(=O)OC(C)(C)C)CC3)c(C#N)c2)C[C@@H](C)O1. The maximum atomic E-state index is 12.0. The van der Waals surface area contributed by atoms with E-state index in [4.69, 9.17) is 9.47 Å². The van der Waals surface area contributed by atoms with Gasteiger partial charge in [0.1, 0.15) is 11.7 Å². The van der Waals surface area contributed by atoms with Gasteiger partial charge in [0.05, 0.1) is 23.5 Å². The van der Waals surface area contributed by atoms with Gasteiger partial charge in [-0.1, -0.05) is 0 Å². The van der Waals surface area contributed by atoms with Crippen molar-refractivity contribution in [3.8, 4) is 6.07 Å². The smallest absolute Gasteiger partial charge is 0.407 e. The van der Waals surface area contributed by atoms with Gasteiger partial charge in [-0.3, -0.25) is 0 Å². The number of carbonyl (C=O) groups excluding carboxylic acids is 1. The van der Waals surface area contributed by atoms with Crippen LogP contribution in [0.25, 0.3) is 0 Å². The Balaban J connectivity index is 1.49. The highest BCUT2D eigenvalue weighted by atomic mass is 16.6. The average molecular weight is 443 g/mol. The molecule has 2 fully saturated rings. The number of rotatable bonds is 5. The molecular formula is C25H38N4O3. The minimum atomic E-state index is -0.475. The van der Waals surface area contributed by atoms with E-state index in [0.29, 0.717) is 11.5 Å². The second kappa shape index (κ2) is 10.4. The summed E-state index contributed by atoms with van der Waals surface area (Å²) in [6, 6.07) is 8.62. The lowest BCUT2D eigenvalue weighted by Crippen LogP contribution is -2.45. The number of nitrogens with zero attached hydrogens (tertiary/aromatic N) is 2. The van der Waals surface area contributed by atoms with Crippen LogP contribution in [0.4, 0.5) is 16.2 Å². The molecule has 32 heavy (non-hydrogen) atoms. The number of amides is 1. The molecule has 1 aliphatic heterocycles. The minimum absolute atomic E-state index is 0.174. The zero-order valence-electron chi connectivity index (χ0n) is 20.1. The Bertz CT molecular complexity index is 811. The lowest BCUT2D eigenvalue weighted by molar-refractivity contribution is -0.00522. The number of hydrogen-bond donors (Lipinski definition) is 2. The molecule has 1 aromatic carbocycles. The summed E-state index contributed by atoms with van der Waals surface area (Å²) in [7, 11) is 0. The number of nitrogens with one attached hydrogen (secondary N) is 2. The molecule has 1 saturated heterocycles. The predicted octanol–water partition coefficient (Wildman–Crippen LogP) is 4.67. The van der Waals surface area contributed by atoms with Gasteiger partial charge < -0.3 is 25.0 Å². The Kier molecular flexibility index (Phi) is 7.89. The molecule has 2 atom stereocenters. The molecule has 0 unspecified atom stereocenters. The van der Waals surface area contributed by atoms with E-state index in [1.54, 1.807) is 0 Å². The summed E-state index contributed by atoms with van der Waals surface area (Å²) in [4.78, 5) is 14.3. The molecule has 2 aliphatic rings. The zero-order chi connectivity index (χ0) is 23.3. The number of morpholine rings is 1. The quantitative estimate of drug-likeness (QED) is 0.689. The summed E-state index contributed by atoms with van der Waals surface area (Å²) >= 11 is 0. The van der Waals surface area contributed by atoms with E-state index in [0.717, 1.165) is 56.7 Å². The van der Waals surface area contributed by atoms with Crippen molar-refractivity contribution in [1.82, 2.24) is 5.32 Å². The van der Waals surface area contributed by atoms with Gasteiger partial charge in [-0.2, -0.15) is 5.26 Å². The fraction of sp³-hybridized carbons (Fsp3) is 0.680. The minimum Gasteiger partial charge on any atom is -0.444 e. The van der Waals surface area contributed by atoms with Crippen molar-refractivity contribution in [2.45, 2.75) is 84.2 Å². The number of nitriles is 1. The van der Waals surface area contributed by atoms with Gasteiger partial charge in [-0.15, -0.1) is 0 Å². The second-order valence-corrected chi connectivity index (χ2v) is 10.2. The van der Waals surface area contributed by atoms with Gasteiger partial charge >= 0.3 is 6.09 Å². The van der Waals surface area contributed by atoms with Crippen molar-refractivity contribution < 1.29 is 14.3 Å². The van der Waals surface area contributed by atoms with Crippen molar-refractivity contribution in [2.24, 2.45) is 5.92 Å². The number of anilines is 2. The molecule has 0 spiro atoms. The van der Waals surface area contributed by atoms with Crippen LogP contribution in [-0.2, 0) is 9.47 Å². The molecule has 0 bridgehead atoms. The summed E-state index contributed by atoms with van der Waals surface area (Å²) < 4.78 is 11.2. The topological polar surface area (TPSA) is 86.6 Å². The molecule has 7 heteroatoms. The Labute approximate surface area is 192 Å². The third kappa shape index (κ3) is 7.03. The Morgan fingerprint density at radius 2 is 1.84 bits per heavy atom. The van der Waals surface area contributed by atoms with E-state index in [1.165, 1.54) is 0 Å². The maximum absolute atomic E-state index is 12.0. The molecule has 1 amide bonds. The van der Waals surface area contributed by atoms with Crippen LogP contribution in [-0.4, -0.2) is 49.6 Å². The van der Waals surface area contributed by atoms with Crippen LogP contribution in [0, 0.1) is 17.2 Å². The van der Waals surface area contributed by atoms with Crippen LogP contribution < -0.4 is 15.5 Å². The van der Waals surface area contributed by atoms with E-state index < -0.39 is 5.60 Å². The highest BCUT2D eigenvalue weighted by Gasteiger charge is 2.25. The first kappa shape index (κ1) is 24.2. The van der Waals surface area contributed by atoms with Crippen molar-refractivity contribution in [3.05, 3.63) is 23.8 Å². The van der Waals surface area contributed by atoms with Gasteiger partial charge in [0.15, 0.2) is 0 Å². The highest BCUT2D eigenvalue weighted by molar-refractivity contribution is 5.68. The average Bonchev–Trinajstić information content (AvgIpc) is 2.71. The number of carbonyl (C=O) groups is 1. The standard InChI is InChI=1S/C25H38N4O3/c1-17-15-29(16-18(2)31-17)22-10-11-23(20(12-22)13-26)27-14-19-6-8-21(9-7-19)28-24(30)32-25(3,4)5/h10-12,17-19,21,27H,6-9,14-16H2,1-5H3,(H,28,30)/t17-,18-,19?,21?/m1/s1. The Morgan fingerprint density at radius 1 is 1.19 bits per heavy atom. The Hall–Kier alpha value is -2.46. The third-order valence-corrected chi connectivity index (χ3v) is 6.06. The summed E-state index contributed by atoms with van der Waals surface area (Å²) in [5.74, 6) is 0.527. The lowest BCUT2D eigenvalue weighted by Gasteiger charge is -2.37. The molecule has 1 aliphatic carbocycles. The fourth-order valence-electron chi connectivity index (χ4n) is 4.60. The van der Waals surface area contributed by atoms with Gasteiger partial charge in [-0.05, 0) is 84.4 Å². The van der Waals surface area contributed by atoms with Crippen LogP contribution in [0.3, 0.4) is 0 Å². The summed E-state index contributed by atoms with van der Waals surface area (Å²) in [6.45, 7) is 12.3. The van der Waals surface area contributed by atoms with Crippen molar-refractivity contribution in [3.63, 3.8) is 0 Å². The molecule has 176 valence electrons. The lowest BCUT2D eigenvalue weighted by atomic mass is 9.86. The molecule has 0 aromatic heterocycles. The predicted molar refractivity (Wildman–Crippen MR) is 127 cm³/mol. The molecule has 1 saturated carbocycles. The van der Waals surface area contributed by atoms with E-state index in [9.17, 15) is 10.1 Å². The first-order valence-electron chi connectivity index (χ1n) is 11.8. The summed E-state index contributed by atoms with van der Waals surface area (Å²) in [5, 5.41) is 16.2. The van der Waals surface area contributed by atoms with Gasteiger partial charge in [0.2, 0.25) is 0 Å². The zero-order valence-corrected chi connectivity index (χ0v) is 20.1. The molecular weight excluding hydrogens is 404 g/mol. The Morgan fingerprint density at radius 3 is 2.44 bits per heavy atom. The van der Waals surface area contributed by atoms with Crippen molar-refractivity contribution in [2.75, 3.05) is 29.9 Å². The van der Waals surface area contributed by atoms with E-state index in [-0.39, 0.29) is 24.3 Å². The largest absolute Gasteiger partial charge is 0.444 e. The van der Waals surface area contributed by atoms with Crippen LogP contribution in [0.2, 0.25) is 0 Å². The van der Waals surface area contributed by atoms with Crippen LogP contribution in [0.15, 0.2) is 18.2 Å². The first-order chi connectivity index (χ1) is 15.1. The number of ether oxygens (including phenoxy) is 2.